The first kappa shape index (κ1) is 11.0. The molecule has 0 aromatic heterocycles. The highest BCUT2D eigenvalue weighted by atomic mass is 16.5. The summed E-state index contributed by atoms with van der Waals surface area (Å²) >= 11 is 0. The highest BCUT2D eigenvalue weighted by Gasteiger charge is 2.29. The molecule has 2 rings (SSSR count). The van der Waals surface area contributed by atoms with Gasteiger partial charge in [-0.05, 0) is 31.5 Å². The van der Waals surface area contributed by atoms with E-state index in [2.05, 4.69) is 0 Å². The van der Waals surface area contributed by atoms with E-state index in [0.29, 0.717) is 11.4 Å². The van der Waals surface area contributed by atoms with Gasteiger partial charge in [-0.25, -0.2) is 0 Å². The van der Waals surface area contributed by atoms with Crippen molar-refractivity contribution >= 4 is 11.6 Å². The topological polar surface area (TPSA) is 49.8 Å². The first-order chi connectivity index (χ1) is 7.50. The molecule has 2 unspecified atom stereocenters. The molecule has 1 aromatic carbocycles. The van der Waals surface area contributed by atoms with Crippen molar-refractivity contribution in [3.63, 3.8) is 0 Å². The minimum absolute atomic E-state index is 0.0738. The van der Waals surface area contributed by atoms with Gasteiger partial charge >= 0.3 is 0 Å². The van der Waals surface area contributed by atoms with Gasteiger partial charge in [0.25, 0.3) is 5.91 Å². The van der Waals surface area contributed by atoms with Crippen LogP contribution in [0.25, 0.3) is 0 Å². The van der Waals surface area contributed by atoms with E-state index in [1.165, 1.54) is 0 Å². The molecule has 1 aliphatic rings. The zero-order chi connectivity index (χ0) is 11.9. The Balaban J connectivity index is 2.46. The Kier molecular flexibility index (Phi) is 2.59. The number of benzene rings is 1. The van der Waals surface area contributed by atoms with Crippen LogP contribution in [0.15, 0.2) is 18.2 Å². The molecule has 1 amide bonds. The number of aliphatic hydroxyl groups excluding tert-OH is 1. The summed E-state index contributed by atoms with van der Waals surface area (Å²) in [6.07, 6.45) is -0.997. The summed E-state index contributed by atoms with van der Waals surface area (Å²) in [5.74, 6) is 0.606. The monoisotopic (exact) mass is 221 g/mol. The summed E-state index contributed by atoms with van der Waals surface area (Å²) in [6, 6.07) is 5.38. The molecule has 0 fully saturated rings. The second kappa shape index (κ2) is 3.79. The number of ether oxygens (including phenoxy) is 1. The molecule has 0 saturated heterocycles. The Morgan fingerprint density at radius 3 is 2.81 bits per heavy atom. The Hall–Kier alpha value is -1.55. The molecular weight excluding hydrogens is 206 g/mol. The number of rotatable bonds is 1. The highest BCUT2D eigenvalue weighted by Crippen LogP contribution is 2.35. The quantitative estimate of drug-likeness (QED) is 0.781. The van der Waals surface area contributed by atoms with Gasteiger partial charge in [0.2, 0.25) is 0 Å². The Bertz CT molecular complexity index is 428. The van der Waals surface area contributed by atoms with Crippen molar-refractivity contribution in [3.8, 4) is 5.75 Å². The lowest BCUT2D eigenvalue weighted by molar-refractivity contribution is -0.125. The van der Waals surface area contributed by atoms with Crippen molar-refractivity contribution in [1.29, 1.82) is 0 Å². The fraction of sp³-hybridized carbons (Fsp3) is 0.417. The lowest BCUT2D eigenvalue weighted by Crippen LogP contribution is -2.42. The Morgan fingerprint density at radius 2 is 2.19 bits per heavy atom. The standard InChI is InChI=1S/C12H15NO3/c1-7(14)9-4-5-11-10(6-9)13(3)12(15)8(2)16-11/h4-8,14H,1-3H3. The fourth-order valence-electron chi connectivity index (χ4n) is 1.79. The Morgan fingerprint density at radius 1 is 1.50 bits per heavy atom. The van der Waals surface area contributed by atoms with E-state index in [0.717, 1.165) is 5.56 Å². The third-order valence-electron chi connectivity index (χ3n) is 2.81. The normalized spacial score (nSPS) is 21.4. The molecule has 1 aromatic rings. The number of hydrogen-bond acceptors (Lipinski definition) is 3. The van der Waals surface area contributed by atoms with E-state index in [4.69, 9.17) is 4.74 Å². The molecule has 0 spiro atoms. The summed E-state index contributed by atoms with van der Waals surface area (Å²) in [5, 5.41) is 9.49. The average Bonchev–Trinajstić information content (AvgIpc) is 2.25. The fourth-order valence-corrected chi connectivity index (χ4v) is 1.79. The van der Waals surface area contributed by atoms with Crippen molar-refractivity contribution < 1.29 is 14.6 Å². The Labute approximate surface area is 94.4 Å². The maximum absolute atomic E-state index is 11.7. The van der Waals surface area contributed by atoms with Gasteiger partial charge in [-0.2, -0.15) is 0 Å². The molecule has 1 aliphatic heterocycles. The van der Waals surface area contributed by atoms with Crippen LogP contribution < -0.4 is 9.64 Å². The van der Waals surface area contributed by atoms with Gasteiger partial charge in [0.05, 0.1) is 11.8 Å². The predicted molar refractivity (Wildman–Crippen MR) is 60.6 cm³/mol. The molecule has 4 nitrogen and oxygen atoms in total. The molecule has 16 heavy (non-hydrogen) atoms. The number of likely N-dealkylation sites (N-methyl/N-ethyl adjacent to an activating group) is 1. The van der Waals surface area contributed by atoms with Gasteiger partial charge in [-0.1, -0.05) is 6.07 Å². The second-order valence-electron chi connectivity index (χ2n) is 4.06. The molecule has 0 bridgehead atoms. The maximum atomic E-state index is 11.7. The third kappa shape index (κ3) is 1.65. The smallest absolute Gasteiger partial charge is 0.267 e. The summed E-state index contributed by atoms with van der Waals surface area (Å²) in [7, 11) is 1.71. The van der Waals surface area contributed by atoms with Crippen molar-refractivity contribution in [1.82, 2.24) is 0 Å². The summed E-state index contributed by atoms with van der Waals surface area (Å²) in [6.45, 7) is 3.42. The molecule has 4 heteroatoms. The van der Waals surface area contributed by atoms with Gasteiger partial charge in [0.1, 0.15) is 5.75 Å². The lowest BCUT2D eigenvalue weighted by Gasteiger charge is -2.30. The lowest BCUT2D eigenvalue weighted by atomic mass is 10.1. The largest absolute Gasteiger partial charge is 0.479 e. The molecule has 2 atom stereocenters. The van der Waals surface area contributed by atoms with E-state index in [1.807, 2.05) is 0 Å². The van der Waals surface area contributed by atoms with Crippen LogP contribution in [-0.2, 0) is 4.79 Å². The molecular formula is C12H15NO3. The van der Waals surface area contributed by atoms with Crippen LogP contribution in [0.3, 0.4) is 0 Å². The molecule has 0 saturated carbocycles. The van der Waals surface area contributed by atoms with Crippen molar-refractivity contribution in [3.05, 3.63) is 23.8 Å². The number of nitrogens with zero attached hydrogens (tertiary/aromatic N) is 1. The number of anilines is 1. The van der Waals surface area contributed by atoms with Gasteiger partial charge in [0, 0.05) is 7.05 Å². The minimum atomic E-state index is -0.548. The first-order valence-electron chi connectivity index (χ1n) is 5.27. The number of carbonyl (C=O) groups is 1. The second-order valence-corrected chi connectivity index (χ2v) is 4.06. The van der Waals surface area contributed by atoms with Crippen LogP contribution >= 0.6 is 0 Å². The van der Waals surface area contributed by atoms with E-state index in [-0.39, 0.29) is 5.91 Å². The first-order valence-corrected chi connectivity index (χ1v) is 5.27. The average molecular weight is 221 g/mol. The van der Waals surface area contributed by atoms with Gasteiger partial charge in [-0.15, -0.1) is 0 Å². The van der Waals surface area contributed by atoms with Crippen LogP contribution in [0.2, 0.25) is 0 Å². The van der Waals surface area contributed by atoms with E-state index < -0.39 is 12.2 Å². The molecule has 1 heterocycles. The molecule has 1 N–H and O–H groups in total. The van der Waals surface area contributed by atoms with Gasteiger partial charge in [-0.3, -0.25) is 4.79 Å². The number of fused-ring (bicyclic) bond motifs is 1. The van der Waals surface area contributed by atoms with Crippen molar-refractivity contribution in [2.24, 2.45) is 0 Å². The highest BCUT2D eigenvalue weighted by molar-refractivity contribution is 5.99. The maximum Gasteiger partial charge on any atom is 0.267 e. The number of amides is 1. The van der Waals surface area contributed by atoms with Crippen LogP contribution in [0.5, 0.6) is 5.75 Å². The summed E-state index contributed by atoms with van der Waals surface area (Å²) in [4.78, 5) is 13.3. The van der Waals surface area contributed by atoms with Crippen LogP contribution in [0, 0.1) is 0 Å². The van der Waals surface area contributed by atoms with Crippen LogP contribution in [0.4, 0.5) is 5.69 Å². The molecule has 86 valence electrons. The minimum Gasteiger partial charge on any atom is -0.479 e. The molecule has 0 aliphatic carbocycles. The van der Waals surface area contributed by atoms with Crippen molar-refractivity contribution in [2.75, 3.05) is 11.9 Å². The number of hydrogen-bond donors (Lipinski definition) is 1. The van der Waals surface area contributed by atoms with Gasteiger partial charge < -0.3 is 14.7 Å². The van der Waals surface area contributed by atoms with Gasteiger partial charge in [0.15, 0.2) is 6.10 Å². The van der Waals surface area contributed by atoms with E-state index in [1.54, 1.807) is 44.0 Å². The van der Waals surface area contributed by atoms with Crippen LogP contribution in [-0.4, -0.2) is 24.2 Å². The zero-order valence-electron chi connectivity index (χ0n) is 9.60. The SMILES string of the molecule is CC1Oc2ccc(C(C)O)cc2N(C)C1=O. The number of aliphatic hydroxyl groups is 1. The summed E-state index contributed by atoms with van der Waals surface area (Å²) < 4.78 is 5.48. The summed E-state index contributed by atoms with van der Waals surface area (Å²) in [5.41, 5.74) is 1.48. The van der Waals surface area contributed by atoms with Crippen molar-refractivity contribution in [2.45, 2.75) is 26.1 Å². The number of carbonyl (C=O) groups excluding carboxylic acids is 1. The third-order valence-corrected chi connectivity index (χ3v) is 2.81. The van der Waals surface area contributed by atoms with Crippen LogP contribution in [0.1, 0.15) is 25.5 Å². The predicted octanol–water partition coefficient (Wildman–Crippen LogP) is 1.48. The zero-order valence-corrected chi connectivity index (χ0v) is 9.60. The van der Waals surface area contributed by atoms with E-state index in [9.17, 15) is 9.90 Å². The molecule has 0 radical (unpaired) electrons. The van der Waals surface area contributed by atoms with E-state index >= 15 is 0 Å².